The lowest BCUT2D eigenvalue weighted by Gasteiger charge is -2.21. The van der Waals surface area contributed by atoms with Crippen LogP contribution in [0.3, 0.4) is 0 Å². The van der Waals surface area contributed by atoms with E-state index in [1.54, 1.807) is 45.2 Å². The lowest BCUT2D eigenvalue weighted by molar-refractivity contribution is -0.147. The number of carbonyl (C=O) groups excluding carboxylic acids is 3. The predicted octanol–water partition coefficient (Wildman–Crippen LogP) is 5.96. The Morgan fingerprint density at radius 3 is 2.22 bits per heavy atom. The Kier molecular flexibility index (Phi) is 10.7. The molecule has 0 saturated carbocycles. The van der Waals surface area contributed by atoms with E-state index in [1.165, 1.54) is 6.07 Å². The van der Waals surface area contributed by atoms with Gasteiger partial charge < -0.3 is 19.7 Å². The number of rotatable bonds is 12. The van der Waals surface area contributed by atoms with Crippen LogP contribution in [0.5, 0.6) is 0 Å². The normalized spacial score (nSPS) is 12.0. The highest BCUT2D eigenvalue weighted by Gasteiger charge is 2.31. The van der Waals surface area contributed by atoms with Gasteiger partial charge in [-0.25, -0.2) is 14.8 Å². The fourth-order valence-electron chi connectivity index (χ4n) is 4.62. The number of esters is 2. The lowest BCUT2D eigenvalue weighted by atomic mass is 10.1. The van der Waals surface area contributed by atoms with Crippen molar-refractivity contribution in [3.8, 4) is 11.3 Å². The zero-order chi connectivity index (χ0) is 32.6. The summed E-state index contributed by atoms with van der Waals surface area (Å²) in [7, 11) is 1.79. The number of benzene rings is 3. The van der Waals surface area contributed by atoms with Crippen molar-refractivity contribution in [2.24, 2.45) is 0 Å². The van der Waals surface area contributed by atoms with E-state index in [-0.39, 0.29) is 43.7 Å². The van der Waals surface area contributed by atoms with Gasteiger partial charge in [-0.2, -0.15) is 13.2 Å². The topological polar surface area (TPSA) is 111 Å². The molecule has 4 rings (SSSR count). The molecule has 0 spiro atoms. The van der Waals surface area contributed by atoms with Gasteiger partial charge in [-0.3, -0.25) is 9.59 Å². The molecule has 1 N–H and O–H groups in total. The predicted molar refractivity (Wildman–Crippen MR) is 162 cm³/mol. The van der Waals surface area contributed by atoms with Crippen molar-refractivity contribution >= 4 is 34.6 Å². The van der Waals surface area contributed by atoms with E-state index in [9.17, 15) is 27.6 Å². The summed E-state index contributed by atoms with van der Waals surface area (Å²) < 4.78 is 50.2. The first-order valence-corrected chi connectivity index (χ1v) is 14.4. The van der Waals surface area contributed by atoms with Crippen molar-refractivity contribution in [3.63, 3.8) is 0 Å². The highest BCUT2D eigenvalue weighted by atomic mass is 19.4. The van der Waals surface area contributed by atoms with Gasteiger partial charge in [-0.1, -0.05) is 30.3 Å². The van der Waals surface area contributed by atoms with E-state index in [2.05, 4.69) is 15.3 Å². The Bertz CT molecular complexity index is 1650. The molecule has 0 aliphatic heterocycles. The summed E-state index contributed by atoms with van der Waals surface area (Å²) in [6.45, 7) is 3.84. The molecule has 0 saturated heterocycles. The maximum atomic E-state index is 13.4. The molecule has 0 radical (unpaired) electrons. The third-order valence-electron chi connectivity index (χ3n) is 6.89. The van der Waals surface area contributed by atoms with Crippen LogP contribution in [0.25, 0.3) is 22.3 Å². The molecular weight excluding hydrogens is 589 g/mol. The zero-order valence-corrected chi connectivity index (χ0v) is 25.1. The minimum Gasteiger partial charge on any atom is -0.466 e. The van der Waals surface area contributed by atoms with E-state index in [0.29, 0.717) is 22.6 Å². The molecule has 1 amide bonds. The SMILES string of the molecule is CCOC(=O)CC[C@@H](NC(=O)c1ccc(N(C)Cc2nc3cc(C(F)(F)F)ccc3nc2-c2ccccc2)cc1)C(=O)OCC. The first-order chi connectivity index (χ1) is 21.5. The van der Waals surface area contributed by atoms with Gasteiger partial charge in [0.15, 0.2) is 0 Å². The van der Waals surface area contributed by atoms with Crippen LogP contribution >= 0.6 is 0 Å². The van der Waals surface area contributed by atoms with Crippen LogP contribution in [0.1, 0.15) is 48.3 Å². The molecule has 1 heterocycles. The number of nitrogens with one attached hydrogen (secondary N) is 1. The summed E-state index contributed by atoms with van der Waals surface area (Å²) in [6.07, 6.45) is -4.57. The number of hydrogen-bond donors (Lipinski definition) is 1. The molecule has 45 heavy (non-hydrogen) atoms. The Labute approximate surface area is 258 Å². The number of halogens is 3. The summed E-state index contributed by atoms with van der Waals surface area (Å²) in [6, 6.07) is 18.1. The van der Waals surface area contributed by atoms with Crippen LogP contribution in [-0.4, -0.2) is 54.1 Å². The second-order valence-corrected chi connectivity index (χ2v) is 10.1. The van der Waals surface area contributed by atoms with Gasteiger partial charge in [0.05, 0.1) is 47.7 Å². The number of nitrogens with zero attached hydrogens (tertiary/aromatic N) is 3. The summed E-state index contributed by atoms with van der Waals surface area (Å²) in [5.41, 5.74) is 2.40. The first kappa shape index (κ1) is 32.9. The molecule has 0 unspecified atom stereocenters. The van der Waals surface area contributed by atoms with E-state index >= 15 is 0 Å². The number of aromatic nitrogens is 2. The standard InChI is InChI=1S/C33H33F3N4O5/c1-4-44-29(41)18-17-26(32(43)45-5-2)39-31(42)22-11-14-24(15-12-22)40(3)20-28-30(21-9-7-6-8-10-21)38-25-16-13-23(33(34,35)36)19-27(25)37-28/h6-16,19,26H,4-5,17-18,20H2,1-3H3,(H,39,42)/t26-/m1/s1. The van der Waals surface area contributed by atoms with Crippen LogP contribution < -0.4 is 10.2 Å². The third kappa shape index (κ3) is 8.55. The van der Waals surface area contributed by atoms with Crippen molar-refractivity contribution in [1.82, 2.24) is 15.3 Å². The highest BCUT2D eigenvalue weighted by molar-refractivity contribution is 5.97. The van der Waals surface area contributed by atoms with E-state index in [0.717, 1.165) is 17.7 Å². The minimum atomic E-state index is -4.52. The monoisotopic (exact) mass is 622 g/mol. The summed E-state index contributed by atoms with van der Waals surface area (Å²) >= 11 is 0. The van der Waals surface area contributed by atoms with Crippen LogP contribution in [0.15, 0.2) is 72.8 Å². The maximum absolute atomic E-state index is 13.4. The molecule has 0 aliphatic rings. The molecule has 12 heteroatoms. The third-order valence-corrected chi connectivity index (χ3v) is 6.89. The Morgan fingerprint density at radius 2 is 1.58 bits per heavy atom. The molecule has 0 fully saturated rings. The summed E-state index contributed by atoms with van der Waals surface area (Å²) in [5, 5.41) is 2.63. The summed E-state index contributed by atoms with van der Waals surface area (Å²) in [4.78, 5) is 48.3. The van der Waals surface area contributed by atoms with Crippen molar-refractivity contribution in [2.75, 3.05) is 25.2 Å². The molecule has 236 valence electrons. The number of anilines is 1. The Hall–Kier alpha value is -5.00. The van der Waals surface area contributed by atoms with Crippen LogP contribution in [0.4, 0.5) is 18.9 Å². The van der Waals surface area contributed by atoms with Crippen LogP contribution in [0.2, 0.25) is 0 Å². The van der Waals surface area contributed by atoms with E-state index in [1.807, 2.05) is 35.2 Å². The summed E-state index contributed by atoms with van der Waals surface area (Å²) in [5.74, 6) is -1.67. The number of alkyl halides is 3. The van der Waals surface area contributed by atoms with Crippen LogP contribution in [0, 0.1) is 0 Å². The number of hydrogen-bond acceptors (Lipinski definition) is 8. The second-order valence-electron chi connectivity index (χ2n) is 10.1. The largest absolute Gasteiger partial charge is 0.466 e. The fourth-order valence-corrected chi connectivity index (χ4v) is 4.62. The molecule has 9 nitrogen and oxygen atoms in total. The van der Waals surface area contributed by atoms with Gasteiger partial charge in [-0.15, -0.1) is 0 Å². The second kappa shape index (κ2) is 14.7. The molecule has 0 aliphatic carbocycles. The molecular formula is C33H33F3N4O5. The fraction of sp³-hybridized carbons (Fsp3) is 0.303. The van der Waals surface area contributed by atoms with Crippen molar-refractivity contribution in [1.29, 1.82) is 0 Å². The minimum absolute atomic E-state index is 0.0191. The smallest absolute Gasteiger partial charge is 0.416 e. The molecule has 1 aromatic heterocycles. The first-order valence-electron chi connectivity index (χ1n) is 14.4. The zero-order valence-electron chi connectivity index (χ0n) is 25.1. The van der Waals surface area contributed by atoms with Gasteiger partial charge in [0.2, 0.25) is 0 Å². The molecule has 3 aromatic carbocycles. The van der Waals surface area contributed by atoms with Gasteiger partial charge in [0, 0.05) is 30.3 Å². The van der Waals surface area contributed by atoms with Gasteiger partial charge in [-0.05, 0) is 62.7 Å². The van der Waals surface area contributed by atoms with E-state index < -0.39 is 35.6 Å². The number of carbonyl (C=O) groups is 3. The van der Waals surface area contributed by atoms with E-state index in [4.69, 9.17) is 9.47 Å². The molecule has 0 bridgehead atoms. The highest BCUT2D eigenvalue weighted by Crippen LogP contribution is 2.32. The average molecular weight is 623 g/mol. The van der Waals surface area contributed by atoms with Crippen LogP contribution in [-0.2, 0) is 31.8 Å². The van der Waals surface area contributed by atoms with Gasteiger partial charge in [0.25, 0.3) is 5.91 Å². The lowest BCUT2D eigenvalue weighted by Crippen LogP contribution is -2.42. The Morgan fingerprint density at radius 1 is 0.889 bits per heavy atom. The Balaban J connectivity index is 1.55. The average Bonchev–Trinajstić information content (AvgIpc) is 3.02. The molecule has 4 aromatic rings. The van der Waals surface area contributed by atoms with Crippen molar-refractivity contribution in [3.05, 3.63) is 89.6 Å². The maximum Gasteiger partial charge on any atom is 0.416 e. The van der Waals surface area contributed by atoms with Gasteiger partial charge >= 0.3 is 18.1 Å². The number of fused-ring (bicyclic) bond motifs is 1. The van der Waals surface area contributed by atoms with Crippen molar-refractivity contribution in [2.45, 2.75) is 45.5 Å². The van der Waals surface area contributed by atoms with Crippen molar-refractivity contribution < 1.29 is 37.0 Å². The quantitative estimate of drug-likeness (QED) is 0.193. The number of amides is 1. The number of ether oxygens (including phenoxy) is 2. The molecule has 1 atom stereocenters. The van der Waals surface area contributed by atoms with Gasteiger partial charge in [0.1, 0.15) is 6.04 Å².